The summed E-state index contributed by atoms with van der Waals surface area (Å²) < 4.78 is 10.6. The number of hydrogen-bond acceptors (Lipinski definition) is 3. The van der Waals surface area contributed by atoms with Gasteiger partial charge in [-0.15, -0.1) is 0 Å². The van der Waals surface area contributed by atoms with Gasteiger partial charge in [-0.1, -0.05) is 40.9 Å². The number of rotatable bonds is 2. The van der Waals surface area contributed by atoms with Crippen LogP contribution in [0.15, 0.2) is 42.5 Å². The quantitative estimate of drug-likeness (QED) is 0.559. The van der Waals surface area contributed by atoms with Crippen LogP contribution in [0.3, 0.4) is 0 Å². The summed E-state index contributed by atoms with van der Waals surface area (Å²) in [4.78, 5) is 0. The molecule has 0 bridgehead atoms. The molecule has 0 aliphatic heterocycles. The minimum atomic E-state index is -0.0913. The van der Waals surface area contributed by atoms with E-state index in [1.54, 1.807) is 42.5 Å². The molecule has 0 atom stereocenters. The number of thiocarbonyl (C=S) groups is 1. The first-order chi connectivity index (χ1) is 9.04. The molecule has 7 heteroatoms. The Balaban J connectivity index is 0.00000200. The van der Waals surface area contributed by atoms with E-state index < -0.39 is 0 Å². The summed E-state index contributed by atoms with van der Waals surface area (Å²) in [5.41, 5.74) is 0. The van der Waals surface area contributed by atoms with Gasteiger partial charge in [0.15, 0.2) is 5.75 Å². The van der Waals surface area contributed by atoms with Gasteiger partial charge in [-0.05, 0) is 30.3 Å². The molecule has 0 saturated carbocycles. The van der Waals surface area contributed by atoms with Crippen LogP contribution in [0.1, 0.15) is 0 Å². The van der Waals surface area contributed by atoms with E-state index in [4.69, 9.17) is 56.5 Å². The topological polar surface area (TPSA) is 18.5 Å². The summed E-state index contributed by atoms with van der Waals surface area (Å²) in [6, 6.07) is 11.6. The number of ether oxygens (including phenoxy) is 2. The van der Waals surface area contributed by atoms with Crippen molar-refractivity contribution in [2.45, 2.75) is 0 Å². The van der Waals surface area contributed by atoms with Crippen molar-refractivity contribution in [3.8, 4) is 11.5 Å². The van der Waals surface area contributed by atoms with Crippen molar-refractivity contribution in [2.75, 3.05) is 0 Å². The zero-order valence-corrected chi connectivity index (χ0v) is 12.5. The predicted octanol–water partition coefficient (Wildman–Crippen LogP) is 4.74. The van der Waals surface area contributed by atoms with Crippen molar-refractivity contribution in [2.24, 2.45) is 0 Å². The van der Waals surface area contributed by atoms with Gasteiger partial charge in [-0.3, -0.25) is 0 Å². The number of benzene rings is 2. The Morgan fingerprint density at radius 2 is 1.60 bits per heavy atom. The van der Waals surface area contributed by atoms with Gasteiger partial charge in [0.1, 0.15) is 5.75 Å². The Morgan fingerprint density at radius 1 is 0.900 bits per heavy atom. The van der Waals surface area contributed by atoms with Crippen molar-refractivity contribution in [3.63, 3.8) is 0 Å². The van der Waals surface area contributed by atoms with Crippen LogP contribution in [-0.2, 0) is 0 Å². The van der Waals surface area contributed by atoms with Crippen LogP contribution >= 0.6 is 47.0 Å². The third-order valence-corrected chi connectivity index (χ3v) is 3.03. The van der Waals surface area contributed by atoms with Crippen LogP contribution in [0.2, 0.25) is 15.1 Å². The Kier molecular flexibility index (Phi) is 8.34. The van der Waals surface area contributed by atoms with Gasteiger partial charge < -0.3 is 9.47 Å². The maximum absolute atomic E-state index is 5.95. The van der Waals surface area contributed by atoms with Gasteiger partial charge in [0.05, 0.1) is 5.02 Å². The van der Waals surface area contributed by atoms with Gasteiger partial charge in [0.2, 0.25) is 0 Å². The summed E-state index contributed by atoms with van der Waals surface area (Å²) in [7, 11) is 0. The van der Waals surface area contributed by atoms with Crippen molar-refractivity contribution in [1.82, 2.24) is 0 Å². The molecule has 0 radical (unpaired) electrons. The zero-order valence-electron chi connectivity index (χ0n) is 9.40. The molecule has 2 aromatic carbocycles. The summed E-state index contributed by atoms with van der Waals surface area (Å²) >= 11 is 22.6. The summed E-state index contributed by atoms with van der Waals surface area (Å²) in [6.45, 7) is 0. The molecule has 0 aliphatic carbocycles. The molecule has 0 saturated heterocycles. The maximum atomic E-state index is 5.95. The van der Waals surface area contributed by atoms with Crippen LogP contribution in [-0.4, -0.2) is 56.6 Å². The van der Waals surface area contributed by atoms with Crippen molar-refractivity contribution in [1.29, 1.82) is 0 Å². The minimum absolute atomic E-state index is 0. The fraction of sp³-hybridized carbons (Fsp3) is 0. The Labute approximate surface area is 179 Å². The Hall–Kier alpha value is 0.636. The first kappa shape index (κ1) is 18.7. The Bertz CT molecular complexity index is 622. The van der Waals surface area contributed by atoms with E-state index in [1.807, 2.05) is 0 Å². The first-order valence-corrected chi connectivity index (χ1v) is 6.69. The van der Waals surface area contributed by atoms with Gasteiger partial charge in [0, 0.05) is 28.3 Å². The summed E-state index contributed by atoms with van der Waals surface area (Å²) in [6.07, 6.45) is 0. The third kappa shape index (κ3) is 5.79. The number of halogens is 3. The molecule has 0 unspecified atom stereocenters. The fourth-order valence-electron chi connectivity index (χ4n) is 1.29. The molecular formula is C13H8Cl3KO2S. The van der Waals surface area contributed by atoms with Gasteiger partial charge in [-0.2, -0.15) is 0 Å². The molecule has 2 rings (SSSR count). The van der Waals surface area contributed by atoms with Gasteiger partial charge >= 0.3 is 56.6 Å². The number of hydrogen-bond donors (Lipinski definition) is 0. The van der Waals surface area contributed by atoms with Crippen molar-refractivity contribution < 1.29 is 9.47 Å². The Morgan fingerprint density at radius 3 is 2.30 bits per heavy atom. The van der Waals surface area contributed by atoms with E-state index in [-0.39, 0.29) is 56.6 Å². The molecule has 0 spiro atoms. The first-order valence-electron chi connectivity index (χ1n) is 5.15. The molecule has 0 N–H and O–H groups in total. The van der Waals surface area contributed by atoms with E-state index in [2.05, 4.69) is 0 Å². The molecule has 0 fully saturated rings. The van der Waals surface area contributed by atoms with Gasteiger partial charge in [0.25, 0.3) is 0 Å². The molecule has 100 valence electrons. The summed E-state index contributed by atoms with van der Waals surface area (Å²) in [5.74, 6) is 0.817. The van der Waals surface area contributed by atoms with Crippen LogP contribution in [0.25, 0.3) is 0 Å². The molecule has 0 heterocycles. The molecular weight excluding hydrogens is 366 g/mol. The van der Waals surface area contributed by atoms with Crippen LogP contribution in [0.4, 0.5) is 0 Å². The molecule has 2 nitrogen and oxygen atoms in total. The van der Waals surface area contributed by atoms with E-state index in [1.165, 1.54) is 0 Å². The second-order valence-electron chi connectivity index (χ2n) is 3.49. The van der Waals surface area contributed by atoms with E-state index in [0.29, 0.717) is 26.6 Å². The molecule has 0 aromatic heterocycles. The normalized spacial score (nSPS) is 9.55. The second-order valence-corrected chi connectivity index (χ2v) is 5.10. The van der Waals surface area contributed by atoms with Crippen LogP contribution < -0.4 is 9.47 Å². The van der Waals surface area contributed by atoms with E-state index in [0.717, 1.165) is 0 Å². The predicted molar refractivity (Wildman–Crippen MR) is 88.9 cm³/mol. The molecule has 20 heavy (non-hydrogen) atoms. The molecule has 0 aliphatic rings. The second kappa shape index (κ2) is 8.93. The van der Waals surface area contributed by atoms with E-state index >= 15 is 0 Å². The summed E-state index contributed by atoms with van der Waals surface area (Å²) in [5, 5.41) is 1.33. The van der Waals surface area contributed by atoms with Crippen LogP contribution in [0, 0.1) is 0 Å². The average molecular weight is 374 g/mol. The SMILES string of the molecule is S=C(Oc1cccc(Cl)c1)Oc1cc(Cl)ccc1Cl.[KH]. The fourth-order valence-corrected chi connectivity index (χ4v) is 1.98. The van der Waals surface area contributed by atoms with Gasteiger partial charge in [-0.25, -0.2) is 0 Å². The standard InChI is InChI=1S/C13H7Cl3O2S.K.H/c14-8-2-1-3-10(6-8)17-13(19)18-12-7-9(15)4-5-11(12)16;;/h1-7H;;. The van der Waals surface area contributed by atoms with E-state index in [9.17, 15) is 0 Å². The zero-order chi connectivity index (χ0) is 13.8. The monoisotopic (exact) mass is 372 g/mol. The van der Waals surface area contributed by atoms with Crippen LogP contribution in [0.5, 0.6) is 11.5 Å². The van der Waals surface area contributed by atoms with Crippen molar-refractivity contribution in [3.05, 3.63) is 57.5 Å². The average Bonchev–Trinajstić information content (AvgIpc) is 2.34. The van der Waals surface area contributed by atoms with Crippen molar-refractivity contribution >= 4 is 104 Å². The molecule has 2 aromatic rings. The third-order valence-electron chi connectivity index (χ3n) is 2.08. The molecule has 0 amide bonds.